The van der Waals surface area contributed by atoms with Crippen LogP contribution >= 0.6 is 23.1 Å². The molecule has 204 valence electrons. The molecule has 0 saturated carbocycles. The number of benzene rings is 3. The van der Waals surface area contributed by atoms with Crippen molar-refractivity contribution in [1.82, 2.24) is 10.2 Å². The number of amides is 1. The van der Waals surface area contributed by atoms with Crippen LogP contribution in [0.4, 0.5) is 5.13 Å². The molecule has 4 aromatic rings. The lowest BCUT2D eigenvalue weighted by molar-refractivity contribution is -0.132. The van der Waals surface area contributed by atoms with Crippen LogP contribution in [0.3, 0.4) is 0 Å². The Morgan fingerprint density at radius 1 is 0.900 bits per heavy atom. The van der Waals surface area contributed by atoms with Gasteiger partial charge in [-0.1, -0.05) is 128 Å². The molecule has 0 bridgehead atoms. The van der Waals surface area contributed by atoms with Crippen LogP contribution in [0.5, 0.6) is 0 Å². The normalized spacial score (nSPS) is 17.0. The molecule has 0 radical (unpaired) electrons. The fourth-order valence-corrected chi connectivity index (χ4v) is 6.39. The number of nitrogens with zero attached hydrogens (tertiary/aromatic N) is 3. The summed E-state index contributed by atoms with van der Waals surface area (Å²) in [5, 5.41) is 20.3. The Hall–Kier alpha value is -3.75. The van der Waals surface area contributed by atoms with Gasteiger partial charge in [-0.2, -0.15) is 0 Å². The number of Topliss-reactive ketones (excluding diaryl/α,β-unsaturated/α-hetero) is 1. The van der Waals surface area contributed by atoms with Gasteiger partial charge in [0, 0.05) is 11.3 Å². The summed E-state index contributed by atoms with van der Waals surface area (Å²) in [6, 6.07) is 22.5. The third-order valence-electron chi connectivity index (χ3n) is 6.95. The molecule has 1 amide bonds. The minimum absolute atomic E-state index is 0.0430. The number of carbonyl (C=O) groups excluding carboxylic acids is 2. The van der Waals surface area contributed by atoms with Crippen molar-refractivity contribution in [3.05, 3.63) is 112 Å². The number of aliphatic hydroxyl groups is 1. The van der Waals surface area contributed by atoms with Crippen molar-refractivity contribution in [2.45, 2.75) is 56.2 Å². The first-order valence-electron chi connectivity index (χ1n) is 13.0. The molecule has 0 aliphatic carbocycles. The van der Waals surface area contributed by atoms with Gasteiger partial charge in [0.25, 0.3) is 5.78 Å². The maximum atomic E-state index is 13.5. The number of ketones is 1. The van der Waals surface area contributed by atoms with Gasteiger partial charge >= 0.3 is 5.91 Å². The van der Waals surface area contributed by atoms with Crippen molar-refractivity contribution < 1.29 is 14.7 Å². The van der Waals surface area contributed by atoms with Gasteiger partial charge in [-0.15, -0.1) is 10.2 Å². The van der Waals surface area contributed by atoms with E-state index in [1.165, 1.54) is 33.6 Å². The molecule has 1 atom stereocenters. The van der Waals surface area contributed by atoms with Crippen LogP contribution in [0.15, 0.2) is 82.7 Å². The third kappa shape index (κ3) is 5.60. The average molecular weight is 570 g/mol. The molecular formula is C32H31N3O3S2. The number of thioether (sulfide) groups is 1. The second-order valence-corrected chi connectivity index (χ2v) is 13.2. The Morgan fingerprint density at radius 2 is 1.50 bits per heavy atom. The predicted octanol–water partition coefficient (Wildman–Crippen LogP) is 7.37. The molecular weight excluding hydrogens is 539 g/mol. The van der Waals surface area contributed by atoms with E-state index in [0.29, 0.717) is 26.4 Å². The van der Waals surface area contributed by atoms with E-state index in [-0.39, 0.29) is 16.7 Å². The van der Waals surface area contributed by atoms with E-state index in [0.717, 1.165) is 16.7 Å². The molecule has 1 aliphatic rings. The monoisotopic (exact) mass is 569 g/mol. The van der Waals surface area contributed by atoms with Crippen LogP contribution in [-0.4, -0.2) is 27.0 Å². The smallest absolute Gasteiger partial charge is 0.301 e. The highest BCUT2D eigenvalue weighted by Gasteiger charge is 2.48. The zero-order valence-electron chi connectivity index (χ0n) is 23.1. The number of rotatable bonds is 6. The molecule has 1 aromatic heterocycles. The lowest BCUT2D eigenvalue weighted by atomic mass is 9.85. The fourth-order valence-electron chi connectivity index (χ4n) is 4.57. The Labute approximate surface area is 242 Å². The Balaban J connectivity index is 1.54. The summed E-state index contributed by atoms with van der Waals surface area (Å²) < 4.78 is 0.692. The van der Waals surface area contributed by atoms with E-state index in [1.807, 2.05) is 43.3 Å². The van der Waals surface area contributed by atoms with E-state index in [2.05, 4.69) is 62.2 Å². The number of aromatic nitrogens is 2. The van der Waals surface area contributed by atoms with Crippen molar-refractivity contribution in [3.63, 3.8) is 0 Å². The average Bonchev–Trinajstić information content (AvgIpc) is 3.50. The summed E-state index contributed by atoms with van der Waals surface area (Å²) in [5.41, 5.74) is 5.67. The first-order valence-corrected chi connectivity index (χ1v) is 14.8. The second kappa shape index (κ2) is 11.0. The zero-order valence-corrected chi connectivity index (χ0v) is 24.8. The Morgan fingerprint density at radius 3 is 2.10 bits per heavy atom. The van der Waals surface area contributed by atoms with Gasteiger partial charge in [0.2, 0.25) is 5.13 Å². The van der Waals surface area contributed by atoms with Gasteiger partial charge in [0.1, 0.15) is 5.76 Å². The molecule has 0 spiro atoms. The van der Waals surface area contributed by atoms with Crippen LogP contribution in [0.1, 0.15) is 60.2 Å². The number of hydrogen-bond donors (Lipinski definition) is 1. The van der Waals surface area contributed by atoms with E-state index in [1.54, 1.807) is 12.1 Å². The van der Waals surface area contributed by atoms with Crippen molar-refractivity contribution in [2.24, 2.45) is 0 Å². The minimum atomic E-state index is -0.835. The first-order chi connectivity index (χ1) is 19.0. The third-order valence-corrected chi connectivity index (χ3v) is 9.07. The van der Waals surface area contributed by atoms with Crippen LogP contribution in [0.25, 0.3) is 5.76 Å². The van der Waals surface area contributed by atoms with Gasteiger partial charge in [-0.3, -0.25) is 14.5 Å². The molecule has 1 fully saturated rings. The summed E-state index contributed by atoms with van der Waals surface area (Å²) in [4.78, 5) is 28.3. The summed E-state index contributed by atoms with van der Waals surface area (Å²) in [5.74, 6) is -0.972. The van der Waals surface area contributed by atoms with E-state index < -0.39 is 17.7 Å². The van der Waals surface area contributed by atoms with Crippen LogP contribution in [-0.2, 0) is 20.8 Å². The van der Waals surface area contributed by atoms with E-state index >= 15 is 0 Å². The van der Waals surface area contributed by atoms with Gasteiger partial charge in [0.15, 0.2) is 4.34 Å². The van der Waals surface area contributed by atoms with Crippen molar-refractivity contribution >= 4 is 45.7 Å². The minimum Gasteiger partial charge on any atom is -0.507 e. The largest absolute Gasteiger partial charge is 0.507 e. The number of hydrogen-bond acceptors (Lipinski definition) is 7. The SMILES string of the molecule is Cc1ccc(CSc2nnc(N3C(=O)C(=O)/C(=C(\O)c4ccc(C)cc4)C3c3ccc(C(C)(C)C)cc3)s2)cc1. The molecule has 5 rings (SSSR count). The molecule has 1 aliphatic heterocycles. The Bertz CT molecular complexity index is 1580. The van der Waals surface area contributed by atoms with Gasteiger partial charge in [0.05, 0.1) is 11.6 Å². The Kier molecular flexibility index (Phi) is 7.66. The summed E-state index contributed by atoms with van der Waals surface area (Å²) in [6.45, 7) is 10.4. The number of aliphatic hydroxyl groups excluding tert-OH is 1. The fraction of sp³-hybridized carbons (Fsp3) is 0.250. The summed E-state index contributed by atoms with van der Waals surface area (Å²) >= 11 is 2.79. The number of aryl methyl sites for hydroxylation is 2. The van der Waals surface area contributed by atoms with Crippen molar-refractivity contribution in [3.8, 4) is 0 Å². The molecule has 1 unspecified atom stereocenters. The van der Waals surface area contributed by atoms with E-state index in [4.69, 9.17) is 0 Å². The lowest BCUT2D eigenvalue weighted by Crippen LogP contribution is -2.29. The molecule has 6 nitrogen and oxygen atoms in total. The van der Waals surface area contributed by atoms with Gasteiger partial charge in [-0.25, -0.2) is 0 Å². The summed E-state index contributed by atoms with van der Waals surface area (Å²) in [7, 11) is 0. The van der Waals surface area contributed by atoms with Crippen LogP contribution in [0.2, 0.25) is 0 Å². The molecule has 3 aromatic carbocycles. The quantitative estimate of drug-likeness (QED) is 0.0858. The summed E-state index contributed by atoms with van der Waals surface area (Å²) in [6.07, 6.45) is 0. The van der Waals surface area contributed by atoms with Gasteiger partial charge < -0.3 is 5.11 Å². The predicted molar refractivity (Wildman–Crippen MR) is 162 cm³/mol. The number of anilines is 1. The first kappa shape index (κ1) is 27.8. The van der Waals surface area contributed by atoms with E-state index in [9.17, 15) is 14.7 Å². The zero-order chi connectivity index (χ0) is 28.6. The molecule has 40 heavy (non-hydrogen) atoms. The second-order valence-electron chi connectivity index (χ2n) is 11.0. The highest BCUT2D eigenvalue weighted by molar-refractivity contribution is 8.00. The molecule has 2 heterocycles. The number of carbonyl (C=O) groups is 2. The highest BCUT2D eigenvalue weighted by atomic mass is 32.2. The lowest BCUT2D eigenvalue weighted by Gasteiger charge is -2.24. The molecule has 8 heteroatoms. The standard InChI is InChI=1S/C32H31N3O3S2/c1-19-6-10-21(11-7-19)18-39-31-34-33-30(40-31)35-26(22-14-16-24(17-15-22)32(3,4)5)25(28(37)29(35)38)27(36)23-12-8-20(2)9-13-23/h6-17,26,36H,18H2,1-5H3/b27-25-. The van der Waals surface area contributed by atoms with Crippen LogP contribution in [0, 0.1) is 13.8 Å². The molecule has 1 saturated heterocycles. The van der Waals surface area contributed by atoms with Crippen LogP contribution < -0.4 is 4.90 Å². The highest BCUT2D eigenvalue weighted by Crippen LogP contribution is 2.44. The molecule has 1 N–H and O–H groups in total. The van der Waals surface area contributed by atoms with Gasteiger partial charge in [-0.05, 0) is 36.0 Å². The maximum Gasteiger partial charge on any atom is 0.301 e. The van der Waals surface area contributed by atoms with Crippen molar-refractivity contribution in [1.29, 1.82) is 0 Å². The maximum absolute atomic E-state index is 13.5. The topological polar surface area (TPSA) is 83.4 Å². The van der Waals surface area contributed by atoms with Crippen molar-refractivity contribution in [2.75, 3.05) is 4.90 Å².